The summed E-state index contributed by atoms with van der Waals surface area (Å²) in [6.07, 6.45) is -3.64. The van der Waals surface area contributed by atoms with Crippen LogP contribution >= 0.6 is 0 Å². The van der Waals surface area contributed by atoms with Gasteiger partial charge in [0.15, 0.2) is 0 Å². The predicted molar refractivity (Wildman–Crippen MR) is 60.4 cm³/mol. The van der Waals surface area contributed by atoms with E-state index in [0.29, 0.717) is 10.6 Å². The summed E-state index contributed by atoms with van der Waals surface area (Å²) in [5, 5.41) is 8.65. The molecule has 0 aliphatic rings. The van der Waals surface area contributed by atoms with Crippen LogP contribution in [0.25, 0.3) is 0 Å². The number of aliphatic hydroxyl groups excluding tert-OH is 1. The lowest BCUT2D eigenvalue weighted by atomic mass is 10.2. The number of hydrogen-bond donors (Lipinski definition) is 1. The number of pyridine rings is 1. The van der Waals surface area contributed by atoms with Crippen molar-refractivity contribution < 1.29 is 23.1 Å². The summed E-state index contributed by atoms with van der Waals surface area (Å²) in [7, 11) is 1.39. The highest BCUT2D eigenvalue weighted by molar-refractivity contribution is 5.75. The molecule has 0 aromatic carbocycles. The molecule has 19 heavy (non-hydrogen) atoms. The smallest absolute Gasteiger partial charge is 0.395 e. The van der Waals surface area contributed by atoms with Crippen LogP contribution < -0.4 is 5.56 Å². The molecule has 0 fully saturated rings. The predicted octanol–water partition coefficient (Wildman–Crippen LogP) is 0.318. The van der Waals surface area contributed by atoms with Gasteiger partial charge in [-0.25, -0.2) is 0 Å². The van der Waals surface area contributed by atoms with E-state index in [-0.39, 0.29) is 13.2 Å². The maximum absolute atomic E-state index is 12.5. The molecular weight excluding hydrogens is 265 g/mol. The molecule has 0 aliphatic heterocycles. The molecule has 8 heteroatoms. The maximum Gasteiger partial charge on any atom is 0.421 e. The second kappa shape index (κ2) is 5.87. The lowest BCUT2D eigenvalue weighted by molar-refractivity contribution is -0.139. The van der Waals surface area contributed by atoms with Crippen molar-refractivity contribution in [3.05, 3.63) is 34.2 Å². The highest BCUT2D eigenvalue weighted by Crippen LogP contribution is 2.25. The zero-order valence-corrected chi connectivity index (χ0v) is 10.1. The van der Waals surface area contributed by atoms with E-state index in [2.05, 4.69) is 0 Å². The van der Waals surface area contributed by atoms with Crippen molar-refractivity contribution in [2.45, 2.75) is 12.7 Å². The van der Waals surface area contributed by atoms with Gasteiger partial charge in [0.2, 0.25) is 5.91 Å². The highest BCUT2D eigenvalue weighted by Gasteiger charge is 2.34. The third-order valence-corrected chi connectivity index (χ3v) is 2.49. The molecule has 0 atom stereocenters. The molecule has 1 aromatic heterocycles. The minimum Gasteiger partial charge on any atom is -0.395 e. The Morgan fingerprint density at radius 1 is 1.47 bits per heavy atom. The lowest BCUT2D eigenvalue weighted by Crippen LogP contribution is -2.37. The summed E-state index contributed by atoms with van der Waals surface area (Å²) in [6, 6.07) is 1.73. The van der Waals surface area contributed by atoms with Gasteiger partial charge in [-0.05, 0) is 12.1 Å². The highest BCUT2D eigenvalue weighted by atomic mass is 19.4. The van der Waals surface area contributed by atoms with Gasteiger partial charge in [0.05, 0.1) is 6.61 Å². The largest absolute Gasteiger partial charge is 0.421 e. The number of carbonyl (C=O) groups excluding carboxylic acids is 1. The number of aliphatic hydroxyl groups is 1. The second-order valence-corrected chi connectivity index (χ2v) is 3.89. The fraction of sp³-hybridized carbons (Fsp3) is 0.455. The van der Waals surface area contributed by atoms with E-state index < -0.39 is 29.8 Å². The van der Waals surface area contributed by atoms with Gasteiger partial charge >= 0.3 is 6.18 Å². The van der Waals surface area contributed by atoms with Crippen molar-refractivity contribution in [2.24, 2.45) is 0 Å². The number of aromatic nitrogens is 1. The minimum absolute atomic E-state index is 0.0482. The van der Waals surface area contributed by atoms with Crippen LogP contribution in [-0.4, -0.2) is 40.7 Å². The van der Waals surface area contributed by atoms with Crippen LogP contribution in [0.5, 0.6) is 0 Å². The average molecular weight is 278 g/mol. The molecular formula is C11H13F3N2O3. The monoisotopic (exact) mass is 278 g/mol. The molecule has 1 aromatic rings. The van der Waals surface area contributed by atoms with Crippen molar-refractivity contribution in [1.29, 1.82) is 0 Å². The van der Waals surface area contributed by atoms with Gasteiger partial charge in [0.1, 0.15) is 12.1 Å². The summed E-state index contributed by atoms with van der Waals surface area (Å²) in [5.41, 5.74) is -2.58. The number of alkyl halides is 3. The summed E-state index contributed by atoms with van der Waals surface area (Å²) >= 11 is 0. The zero-order chi connectivity index (χ0) is 14.6. The summed E-state index contributed by atoms with van der Waals surface area (Å²) in [4.78, 5) is 24.3. The van der Waals surface area contributed by atoms with E-state index in [9.17, 15) is 22.8 Å². The van der Waals surface area contributed by atoms with Crippen LogP contribution in [0.15, 0.2) is 23.1 Å². The molecule has 0 unspecified atom stereocenters. The van der Waals surface area contributed by atoms with Crippen molar-refractivity contribution in [2.75, 3.05) is 20.2 Å². The Labute approximate surface area is 106 Å². The van der Waals surface area contributed by atoms with E-state index in [0.717, 1.165) is 17.2 Å². The standard InChI is InChI=1S/C11H13F3N2O3/c1-15(5-6-17)9(18)7-16-4-2-3-8(10(16)19)11(12,13)14/h2-4,17H,5-7H2,1H3. The molecule has 1 heterocycles. The normalized spacial score (nSPS) is 11.4. The third kappa shape index (κ3) is 3.82. The summed E-state index contributed by atoms with van der Waals surface area (Å²) in [6.45, 7) is -0.717. The van der Waals surface area contributed by atoms with Crippen LogP contribution in [0, 0.1) is 0 Å². The molecule has 0 aliphatic carbocycles. The Hall–Kier alpha value is -1.83. The molecule has 0 bridgehead atoms. The van der Waals surface area contributed by atoms with Crippen LogP contribution in [0.1, 0.15) is 5.56 Å². The summed E-state index contributed by atoms with van der Waals surface area (Å²) < 4.78 is 38.2. The first-order valence-electron chi connectivity index (χ1n) is 5.39. The maximum atomic E-state index is 12.5. The number of hydrogen-bond acceptors (Lipinski definition) is 3. The van der Waals surface area contributed by atoms with Gasteiger partial charge in [-0.2, -0.15) is 13.2 Å². The van der Waals surface area contributed by atoms with Crippen LogP contribution in [0.3, 0.4) is 0 Å². The van der Waals surface area contributed by atoms with Crippen LogP contribution in [0.2, 0.25) is 0 Å². The Bertz CT molecular complexity index is 511. The Morgan fingerprint density at radius 3 is 2.63 bits per heavy atom. The van der Waals surface area contributed by atoms with Gasteiger partial charge in [-0.3, -0.25) is 9.59 Å². The van der Waals surface area contributed by atoms with Gasteiger partial charge in [-0.15, -0.1) is 0 Å². The van der Waals surface area contributed by atoms with Gasteiger partial charge in [-0.1, -0.05) is 0 Å². The second-order valence-electron chi connectivity index (χ2n) is 3.89. The Kier molecular flexibility index (Phi) is 4.71. The van der Waals surface area contributed by atoms with E-state index in [1.807, 2.05) is 0 Å². The van der Waals surface area contributed by atoms with Crippen molar-refractivity contribution in [3.63, 3.8) is 0 Å². The van der Waals surface area contributed by atoms with E-state index in [1.165, 1.54) is 7.05 Å². The lowest BCUT2D eigenvalue weighted by Gasteiger charge is -2.17. The number of rotatable bonds is 4. The molecule has 1 N–H and O–H groups in total. The number of nitrogens with zero attached hydrogens (tertiary/aromatic N) is 2. The zero-order valence-electron chi connectivity index (χ0n) is 10.1. The quantitative estimate of drug-likeness (QED) is 0.862. The topological polar surface area (TPSA) is 62.5 Å². The minimum atomic E-state index is -4.75. The van der Waals surface area contributed by atoms with Gasteiger partial charge in [0.25, 0.3) is 5.56 Å². The van der Waals surface area contributed by atoms with E-state index in [4.69, 9.17) is 5.11 Å². The van der Waals surface area contributed by atoms with E-state index in [1.54, 1.807) is 0 Å². The molecule has 106 valence electrons. The first-order valence-corrected chi connectivity index (χ1v) is 5.39. The van der Waals surface area contributed by atoms with Crippen LogP contribution in [-0.2, 0) is 17.5 Å². The number of amides is 1. The SMILES string of the molecule is CN(CCO)C(=O)Cn1cccc(C(F)(F)F)c1=O. The molecule has 1 rings (SSSR count). The van der Waals surface area contributed by atoms with Crippen LogP contribution in [0.4, 0.5) is 13.2 Å². The molecule has 0 spiro atoms. The molecule has 0 saturated carbocycles. The van der Waals surface area contributed by atoms with E-state index >= 15 is 0 Å². The summed E-state index contributed by atoms with van der Waals surface area (Å²) in [5.74, 6) is -0.560. The molecule has 5 nitrogen and oxygen atoms in total. The molecule has 1 amide bonds. The first-order chi connectivity index (χ1) is 8.77. The van der Waals surface area contributed by atoms with Gasteiger partial charge in [0, 0.05) is 19.8 Å². The third-order valence-electron chi connectivity index (χ3n) is 2.49. The number of likely N-dealkylation sites (N-methyl/N-ethyl adjacent to an activating group) is 1. The first kappa shape index (κ1) is 15.2. The van der Waals surface area contributed by atoms with Crippen molar-refractivity contribution in [1.82, 2.24) is 9.47 Å². The Morgan fingerprint density at radius 2 is 2.11 bits per heavy atom. The number of halogens is 3. The fourth-order valence-electron chi connectivity index (χ4n) is 1.42. The van der Waals surface area contributed by atoms with Gasteiger partial charge < -0.3 is 14.6 Å². The fourth-order valence-corrected chi connectivity index (χ4v) is 1.42. The molecule has 0 saturated heterocycles. The van der Waals surface area contributed by atoms with Crippen molar-refractivity contribution >= 4 is 5.91 Å². The Balaban J connectivity index is 2.98. The van der Waals surface area contributed by atoms with Crippen molar-refractivity contribution in [3.8, 4) is 0 Å². The number of carbonyl (C=O) groups is 1. The molecule has 0 radical (unpaired) electrons. The average Bonchev–Trinajstić information content (AvgIpc) is 2.30.